The van der Waals surface area contributed by atoms with Gasteiger partial charge in [0.05, 0.1) is 0 Å². The van der Waals surface area contributed by atoms with Crippen molar-refractivity contribution in [2.75, 3.05) is 0 Å². The Morgan fingerprint density at radius 1 is 0.833 bits per heavy atom. The van der Waals surface area contributed by atoms with E-state index in [0.29, 0.717) is 0 Å². The van der Waals surface area contributed by atoms with Gasteiger partial charge in [-0.1, -0.05) is 39.5 Å². The fourth-order valence-electron chi connectivity index (χ4n) is 3.45. The zero-order valence-electron chi connectivity index (χ0n) is 8.55. The predicted molar refractivity (Wildman–Crippen MR) is 53.0 cm³/mol. The highest BCUT2D eigenvalue weighted by Crippen LogP contribution is 2.45. The molecule has 0 N–H and O–H groups in total. The Labute approximate surface area is 76.7 Å². The van der Waals surface area contributed by atoms with E-state index in [-0.39, 0.29) is 0 Å². The van der Waals surface area contributed by atoms with E-state index in [4.69, 9.17) is 0 Å². The van der Waals surface area contributed by atoms with Crippen LogP contribution in [0, 0.1) is 23.7 Å². The smallest absolute Gasteiger partial charge is 0.0358 e. The molecule has 0 radical (unpaired) electrons. The maximum Gasteiger partial charge on any atom is -0.0358 e. The first-order chi connectivity index (χ1) is 5.79. The maximum absolute atomic E-state index is 2.49. The molecule has 2 saturated carbocycles. The molecule has 2 aliphatic rings. The third-order valence-electron chi connectivity index (χ3n) is 4.53. The molecule has 2 fully saturated rings. The Kier molecular flexibility index (Phi) is 2.43. The summed E-state index contributed by atoms with van der Waals surface area (Å²) in [4.78, 5) is 0. The van der Waals surface area contributed by atoms with E-state index in [2.05, 4.69) is 13.8 Å². The second kappa shape index (κ2) is 3.40. The van der Waals surface area contributed by atoms with E-state index in [1.807, 2.05) is 0 Å². The molecule has 0 aromatic rings. The standard InChI is InChI=1S/C12H22/c1-9-7-8-11-5-3-4-6-12(11)10(9)2/h9-12H,3-8H2,1-2H3. The van der Waals surface area contributed by atoms with Gasteiger partial charge in [0.25, 0.3) is 0 Å². The monoisotopic (exact) mass is 166 g/mol. The first-order valence-electron chi connectivity index (χ1n) is 5.79. The van der Waals surface area contributed by atoms with E-state index >= 15 is 0 Å². The fourth-order valence-corrected chi connectivity index (χ4v) is 3.45. The lowest BCUT2D eigenvalue weighted by Crippen LogP contribution is -2.33. The quantitative estimate of drug-likeness (QED) is 0.512. The minimum atomic E-state index is 1.00. The van der Waals surface area contributed by atoms with Crippen molar-refractivity contribution in [2.24, 2.45) is 23.7 Å². The van der Waals surface area contributed by atoms with Crippen LogP contribution in [0.15, 0.2) is 0 Å². The van der Waals surface area contributed by atoms with Gasteiger partial charge < -0.3 is 0 Å². The average Bonchev–Trinajstić information content (AvgIpc) is 2.12. The number of hydrogen-bond acceptors (Lipinski definition) is 0. The molecule has 4 unspecified atom stereocenters. The Hall–Kier alpha value is 0. The van der Waals surface area contributed by atoms with Crippen LogP contribution in [0.1, 0.15) is 52.4 Å². The maximum atomic E-state index is 2.49. The van der Waals surface area contributed by atoms with Crippen molar-refractivity contribution in [1.82, 2.24) is 0 Å². The van der Waals surface area contributed by atoms with Gasteiger partial charge in [0.15, 0.2) is 0 Å². The van der Waals surface area contributed by atoms with Gasteiger partial charge in [0.1, 0.15) is 0 Å². The molecule has 2 aliphatic carbocycles. The highest BCUT2D eigenvalue weighted by Gasteiger charge is 2.35. The number of fused-ring (bicyclic) bond motifs is 1. The van der Waals surface area contributed by atoms with Crippen LogP contribution in [-0.4, -0.2) is 0 Å². The van der Waals surface area contributed by atoms with Crippen LogP contribution in [0.3, 0.4) is 0 Å². The van der Waals surface area contributed by atoms with Crippen LogP contribution < -0.4 is 0 Å². The molecule has 4 atom stereocenters. The predicted octanol–water partition coefficient (Wildman–Crippen LogP) is 3.86. The molecule has 0 bridgehead atoms. The summed E-state index contributed by atoms with van der Waals surface area (Å²) in [6, 6.07) is 0. The molecule has 0 aromatic heterocycles. The molecule has 0 amide bonds. The Bertz CT molecular complexity index is 148. The summed E-state index contributed by atoms with van der Waals surface area (Å²) in [6.07, 6.45) is 9.15. The van der Waals surface area contributed by atoms with Gasteiger partial charge in [-0.3, -0.25) is 0 Å². The van der Waals surface area contributed by atoms with Gasteiger partial charge in [-0.2, -0.15) is 0 Å². The summed E-state index contributed by atoms with van der Waals surface area (Å²) in [6.45, 7) is 4.95. The first kappa shape index (κ1) is 8.59. The summed E-state index contributed by atoms with van der Waals surface area (Å²) in [5, 5.41) is 0. The summed E-state index contributed by atoms with van der Waals surface area (Å²) in [5.74, 6) is 4.24. The zero-order valence-corrected chi connectivity index (χ0v) is 8.55. The first-order valence-corrected chi connectivity index (χ1v) is 5.79. The molecule has 0 nitrogen and oxygen atoms in total. The molecule has 0 heteroatoms. The third-order valence-corrected chi connectivity index (χ3v) is 4.53. The molecule has 0 spiro atoms. The highest BCUT2D eigenvalue weighted by molar-refractivity contribution is 4.85. The second-order valence-electron chi connectivity index (χ2n) is 5.12. The summed E-state index contributed by atoms with van der Waals surface area (Å²) >= 11 is 0. The Balaban J connectivity index is 2.03. The summed E-state index contributed by atoms with van der Waals surface area (Å²) in [7, 11) is 0. The van der Waals surface area contributed by atoms with Crippen molar-refractivity contribution in [3.8, 4) is 0 Å². The summed E-state index contributed by atoms with van der Waals surface area (Å²) < 4.78 is 0. The second-order valence-corrected chi connectivity index (χ2v) is 5.12. The molecule has 0 aliphatic heterocycles. The van der Waals surface area contributed by atoms with Gasteiger partial charge in [-0.05, 0) is 36.5 Å². The number of rotatable bonds is 0. The van der Waals surface area contributed by atoms with E-state index in [1.165, 1.54) is 32.1 Å². The SMILES string of the molecule is CC1CCC2CCCCC2C1C. The largest absolute Gasteiger partial charge is 0.0622 e. The van der Waals surface area contributed by atoms with Crippen LogP contribution >= 0.6 is 0 Å². The Morgan fingerprint density at radius 2 is 1.58 bits per heavy atom. The van der Waals surface area contributed by atoms with Gasteiger partial charge in [-0.25, -0.2) is 0 Å². The third kappa shape index (κ3) is 1.41. The van der Waals surface area contributed by atoms with Gasteiger partial charge >= 0.3 is 0 Å². The van der Waals surface area contributed by atoms with Crippen molar-refractivity contribution in [3.05, 3.63) is 0 Å². The topological polar surface area (TPSA) is 0 Å². The van der Waals surface area contributed by atoms with Gasteiger partial charge in [0.2, 0.25) is 0 Å². The molecule has 0 aromatic carbocycles. The van der Waals surface area contributed by atoms with Crippen molar-refractivity contribution < 1.29 is 0 Å². The Morgan fingerprint density at radius 3 is 2.42 bits per heavy atom. The molecule has 70 valence electrons. The van der Waals surface area contributed by atoms with Crippen LogP contribution in [0.5, 0.6) is 0 Å². The minimum Gasteiger partial charge on any atom is -0.0622 e. The molecular formula is C12H22. The normalized spacial score (nSPS) is 48.5. The van der Waals surface area contributed by atoms with E-state index in [1.54, 1.807) is 6.42 Å². The molecule has 2 rings (SSSR count). The highest BCUT2D eigenvalue weighted by atomic mass is 14.4. The lowest BCUT2D eigenvalue weighted by Gasteiger charge is -2.43. The van der Waals surface area contributed by atoms with Crippen molar-refractivity contribution >= 4 is 0 Å². The lowest BCUT2D eigenvalue weighted by atomic mass is 9.63. The van der Waals surface area contributed by atoms with Crippen LogP contribution in [-0.2, 0) is 0 Å². The summed E-state index contributed by atoms with van der Waals surface area (Å²) in [5.41, 5.74) is 0. The fraction of sp³-hybridized carbons (Fsp3) is 1.00. The van der Waals surface area contributed by atoms with Crippen LogP contribution in [0.4, 0.5) is 0 Å². The lowest BCUT2D eigenvalue weighted by molar-refractivity contribution is 0.0734. The van der Waals surface area contributed by atoms with Crippen molar-refractivity contribution in [2.45, 2.75) is 52.4 Å². The average molecular weight is 166 g/mol. The molecule has 12 heavy (non-hydrogen) atoms. The van der Waals surface area contributed by atoms with Gasteiger partial charge in [0, 0.05) is 0 Å². The van der Waals surface area contributed by atoms with E-state index in [9.17, 15) is 0 Å². The van der Waals surface area contributed by atoms with Crippen LogP contribution in [0.2, 0.25) is 0 Å². The zero-order chi connectivity index (χ0) is 8.55. The molecule has 0 heterocycles. The van der Waals surface area contributed by atoms with E-state index in [0.717, 1.165) is 23.7 Å². The van der Waals surface area contributed by atoms with E-state index < -0.39 is 0 Å². The number of hydrogen-bond donors (Lipinski definition) is 0. The molecule has 0 saturated heterocycles. The van der Waals surface area contributed by atoms with Crippen molar-refractivity contribution in [3.63, 3.8) is 0 Å². The molecular weight excluding hydrogens is 144 g/mol. The van der Waals surface area contributed by atoms with Crippen LogP contribution in [0.25, 0.3) is 0 Å². The minimum absolute atomic E-state index is 1.00. The van der Waals surface area contributed by atoms with Crippen molar-refractivity contribution in [1.29, 1.82) is 0 Å². The van der Waals surface area contributed by atoms with Gasteiger partial charge in [-0.15, -0.1) is 0 Å².